The van der Waals surface area contributed by atoms with Crippen LogP contribution in [0.2, 0.25) is 5.15 Å². The smallest absolute Gasteiger partial charge is 0.238 e. The highest BCUT2D eigenvalue weighted by molar-refractivity contribution is 7.98. The molecule has 0 bridgehead atoms. The Kier molecular flexibility index (Phi) is 6.60. The minimum atomic E-state index is -0.0469. The second kappa shape index (κ2) is 8.95. The summed E-state index contributed by atoms with van der Waals surface area (Å²) in [5.74, 6) is -0.0469. The molecule has 1 amide bonds. The van der Waals surface area contributed by atoms with Crippen molar-refractivity contribution in [2.24, 2.45) is 0 Å². The molecule has 146 valence electrons. The number of thioether (sulfide) groups is 1. The van der Waals surface area contributed by atoms with Gasteiger partial charge < -0.3 is 5.32 Å². The lowest BCUT2D eigenvalue weighted by Crippen LogP contribution is -2.30. The second-order valence-corrected chi connectivity index (χ2v) is 8.22. The molecule has 0 radical (unpaired) electrons. The summed E-state index contributed by atoms with van der Waals surface area (Å²) in [6.07, 6.45) is 2.04. The van der Waals surface area contributed by atoms with Gasteiger partial charge in [-0.05, 0) is 56.5 Å². The first-order chi connectivity index (χ1) is 13.4. The Morgan fingerprint density at radius 2 is 1.89 bits per heavy atom. The standard InChI is InChI=1S/C22H24ClN3OS/c1-14-6-5-7-15(2)21(14)25-20(27)13-26(3)12-17-10-16-8-9-18(28-4)11-19(16)24-22(17)23/h5-11H,12-13H2,1-4H3,(H,25,27). The van der Waals surface area contributed by atoms with Crippen LogP contribution in [0.5, 0.6) is 0 Å². The van der Waals surface area contributed by atoms with Crippen LogP contribution >= 0.6 is 23.4 Å². The Hall–Kier alpha value is -2.08. The van der Waals surface area contributed by atoms with Crippen molar-refractivity contribution >= 4 is 45.9 Å². The lowest BCUT2D eigenvalue weighted by Gasteiger charge is -2.18. The lowest BCUT2D eigenvalue weighted by atomic mass is 10.1. The van der Waals surface area contributed by atoms with E-state index in [-0.39, 0.29) is 12.5 Å². The van der Waals surface area contributed by atoms with Gasteiger partial charge >= 0.3 is 0 Å². The van der Waals surface area contributed by atoms with Gasteiger partial charge in [0.25, 0.3) is 0 Å². The number of hydrogen-bond acceptors (Lipinski definition) is 4. The van der Waals surface area contributed by atoms with Gasteiger partial charge in [-0.3, -0.25) is 9.69 Å². The van der Waals surface area contributed by atoms with Crippen molar-refractivity contribution in [3.63, 3.8) is 0 Å². The number of nitrogens with one attached hydrogen (secondary N) is 1. The molecule has 0 aliphatic heterocycles. The van der Waals surface area contributed by atoms with E-state index >= 15 is 0 Å². The predicted molar refractivity (Wildman–Crippen MR) is 119 cm³/mol. The highest BCUT2D eigenvalue weighted by atomic mass is 35.5. The van der Waals surface area contributed by atoms with Crippen LogP contribution in [-0.4, -0.2) is 35.6 Å². The van der Waals surface area contributed by atoms with Crippen LogP contribution in [0.25, 0.3) is 10.9 Å². The van der Waals surface area contributed by atoms with Gasteiger partial charge in [-0.25, -0.2) is 4.98 Å². The third-order valence-corrected chi connectivity index (χ3v) is 5.70. The number of anilines is 1. The number of nitrogens with zero attached hydrogens (tertiary/aromatic N) is 2. The summed E-state index contributed by atoms with van der Waals surface area (Å²) in [6, 6.07) is 14.2. The third kappa shape index (κ3) is 4.85. The zero-order valence-electron chi connectivity index (χ0n) is 16.5. The van der Waals surface area contributed by atoms with E-state index in [0.717, 1.165) is 38.2 Å². The van der Waals surface area contributed by atoms with Crippen molar-refractivity contribution in [2.45, 2.75) is 25.3 Å². The molecule has 0 atom stereocenters. The van der Waals surface area contributed by atoms with Crippen molar-refractivity contribution < 1.29 is 4.79 Å². The number of para-hydroxylation sites is 1. The number of likely N-dealkylation sites (N-methyl/N-ethyl adjacent to an activating group) is 1. The van der Waals surface area contributed by atoms with Gasteiger partial charge in [0.15, 0.2) is 0 Å². The monoisotopic (exact) mass is 413 g/mol. The summed E-state index contributed by atoms with van der Waals surface area (Å²) in [5.41, 5.74) is 4.80. The third-order valence-electron chi connectivity index (χ3n) is 4.65. The SMILES string of the molecule is CSc1ccc2cc(CN(C)CC(=O)Nc3c(C)cccc3C)c(Cl)nc2c1. The predicted octanol–water partition coefficient (Wildman–Crippen LogP) is 5.30. The number of halogens is 1. The molecule has 28 heavy (non-hydrogen) atoms. The molecule has 6 heteroatoms. The van der Waals surface area contributed by atoms with Gasteiger partial charge in [0.2, 0.25) is 5.91 Å². The van der Waals surface area contributed by atoms with E-state index < -0.39 is 0 Å². The first-order valence-electron chi connectivity index (χ1n) is 9.05. The molecule has 3 aromatic rings. The van der Waals surface area contributed by atoms with Crippen LogP contribution < -0.4 is 5.32 Å². The number of pyridine rings is 1. The van der Waals surface area contributed by atoms with Crippen molar-refractivity contribution in [3.05, 3.63) is 64.3 Å². The van der Waals surface area contributed by atoms with Crippen molar-refractivity contribution in [3.8, 4) is 0 Å². The first kappa shape index (κ1) is 20.6. The summed E-state index contributed by atoms with van der Waals surface area (Å²) in [4.78, 5) is 20.1. The lowest BCUT2D eigenvalue weighted by molar-refractivity contribution is -0.117. The maximum absolute atomic E-state index is 12.5. The molecular formula is C22H24ClN3OS. The van der Waals surface area contributed by atoms with Gasteiger partial charge in [0.1, 0.15) is 5.15 Å². The normalized spacial score (nSPS) is 11.2. The molecule has 1 aromatic heterocycles. The Bertz CT molecular complexity index is 1000. The molecule has 0 aliphatic rings. The van der Waals surface area contributed by atoms with Crippen LogP contribution in [0.4, 0.5) is 5.69 Å². The molecule has 2 aromatic carbocycles. The Balaban J connectivity index is 1.69. The van der Waals surface area contributed by atoms with Gasteiger partial charge in [0.05, 0.1) is 12.1 Å². The van der Waals surface area contributed by atoms with Crippen LogP contribution in [0.3, 0.4) is 0 Å². The van der Waals surface area contributed by atoms with E-state index in [0.29, 0.717) is 11.7 Å². The molecule has 1 N–H and O–H groups in total. The number of amides is 1. The maximum atomic E-state index is 12.5. The molecule has 0 spiro atoms. The molecule has 0 saturated heterocycles. The zero-order valence-corrected chi connectivity index (χ0v) is 18.1. The number of aryl methyl sites for hydroxylation is 2. The Morgan fingerprint density at radius 1 is 1.18 bits per heavy atom. The minimum Gasteiger partial charge on any atom is -0.324 e. The van der Waals surface area contributed by atoms with Gasteiger partial charge in [-0.1, -0.05) is 35.9 Å². The number of hydrogen-bond donors (Lipinski definition) is 1. The quantitative estimate of drug-likeness (QED) is 0.440. The average molecular weight is 414 g/mol. The van der Waals surface area contributed by atoms with Gasteiger partial charge in [-0.15, -0.1) is 11.8 Å². The van der Waals surface area contributed by atoms with Crippen molar-refractivity contribution in [2.75, 3.05) is 25.2 Å². The maximum Gasteiger partial charge on any atom is 0.238 e. The second-order valence-electron chi connectivity index (χ2n) is 6.98. The van der Waals surface area contributed by atoms with Gasteiger partial charge in [0, 0.05) is 28.1 Å². The number of aromatic nitrogens is 1. The summed E-state index contributed by atoms with van der Waals surface area (Å²) in [5, 5.41) is 4.55. The van der Waals surface area contributed by atoms with Crippen molar-refractivity contribution in [1.29, 1.82) is 0 Å². The molecule has 0 unspecified atom stereocenters. The van der Waals surface area contributed by atoms with E-state index in [4.69, 9.17) is 11.6 Å². The number of fused-ring (bicyclic) bond motifs is 1. The summed E-state index contributed by atoms with van der Waals surface area (Å²) < 4.78 is 0. The summed E-state index contributed by atoms with van der Waals surface area (Å²) in [7, 11) is 1.90. The fourth-order valence-electron chi connectivity index (χ4n) is 3.19. The highest BCUT2D eigenvalue weighted by Gasteiger charge is 2.13. The van der Waals surface area contributed by atoms with E-state index in [1.807, 2.05) is 56.3 Å². The largest absolute Gasteiger partial charge is 0.324 e. The van der Waals surface area contributed by atoms with Gasteiger partial charge in [-0.2, -0.15) is 0 Å². The highest BCUT2D eigenvalue weighted by Crippen LogP contribution is 2.25. The molecule has 0 fully saturated rings. The molecule has 0 saturated carbocycles. The van der Waals surface area contributed by atoms with Crippen LogP contribution in [0, 0.1) is 13.8 Å². The average Bonchev–Trinajstić information content (AvgIpc) is 2.65. The van der Waals surface area contributed by atoms with E-state index in [1.54, 1.807) is 11.8 Å². The number of carbonyl (C=O) groups is 1. The number of carbonyl (C=O) groups excluding carboxylic acids is 1. The van der Waals surface area contributed by atoms with E-state index in [9.17, 15) is 4.79 Å². The van der Waals surface area contributed by atoms with E-state index in [1.165, 1.54) is 0 Å². The molecule has 3 rings (SSSR count). The molecular weight excluding hydrogens is 390 g/mol. The first-order valence-corrected chi connectivity index (χ1v) is 10.7. The Labute approximate surface area is 175 Å². The Morgan fingerprint density at radius 3 is 2.57 bits per heavy atom. The zero-order chi connectivity index (χ0) is 20.3. The molecule has 4 nitrogen and oxygen atoms in total. The topological polar surface area (TPSA) is 45.2 Å². The fourth-order valence-corrected chi connectivity index (χ4v) is 3.83. The molecule has 0 aliphatic carbocycles. The summed E-state index contributed by atoms with van der Waals surface area (Å²) >= 11 is 8.08. The minimum absolute atomic E-state index is 0.0469. The van der Waals surface area contributed by atoms with E-state index in [2.05, 4.69) is 28.5 Å². The number of rotatable bonds is 6. The van der Waals surface area contributed by atoms with Crippen LogP contribution in [-0.2, 0) is 11.3 Å². The van der Waals surface area contributed by atoms with Crippen molar-refractivity contribution in [1.82, 2.24) is 9.88 Å². The van der Waals surface area contributed by atoms with Crippen LogP contribution in [0.1, 0.15) is 16.7 Å². The fraction of sp³-hybridized carbons (Fsp3) is 0.273. The molecule has 1 heterocycles. The number of benzene rings is 2. The summed E-state index contributed by atoms with van der Waals surface area (Å²) in [6.45, 7) is 4.81. The van der Waals surface area contributed by atoms with Crippen LogP contribution in [0.15, 0.2) is 47.4 Å².